The topological polar surface area (TPSA) is 83.0 Å². The van der Waals surface area contributed by atoms with Crippen molar-refractivity contribution in [3.05, 3.63) is 65.6 Å². The molecule has 7 heteroatoms. The highest BCUT2D eigenvalue weighted by atomic mass is 16.2. The van der Waals surface area contributed by atoms with E-state index in [0.29, 0.717) is 6.54 Å². The van der Waals surface area contributed by atoms with Crippen molar-refractivity contribution in [3.63, 3.8) is 0 Å². The van der Waals surface area contributed by atoms with Crippen LogP contribution in [0.15, 0.2) is 48.5 Å². The number of amides is 2. The molecule has 7 nitrogen and oxygen atoms in total. The molecule has 2 aromatic carbocycles. The van der Waals surface area contributed by atoms with Crippen LogP contribution in [0.3, 0.4) is 0 Å². The molecule has 30 heavy (non-hydrogen) atoms. The number of nitrogens with zero attached hydrogens (tertiary/aromatic N) is 3. The molecule has 2 N–H and O–H groups in total. The van der Waals surface area contributed by atoms with Gasteiger partial charge in [-0.1, -0.05) is 30.3 Å². The number of imidazole rings is 1. The van der Waals surface area contributed by atoms with E-state index in [1.54, 1.807) is 0 Å². The van der Waals surface area contributed by atoms with Gasteiger partial charge >= 0.3 is 0 Å². The van der Waals surface area contributed by atoms with Crippen LogP contribution in [-0.2, 0) is 23.1 Å². The maximum atomic E-state index is 13.1. The second-order valence-corrected chi connectivity index (χ2v) is 7.73. The maximum Gasteiger partial charge on any atom is 0.242 e. The van der Waals surface area contributed by atoms with Gasteiger partial charge in [0.25, 0.3) is 0 Å². The molecular weight excluding hydrogens is 378 g/mol. The van der Waals surface area contributed by atoms with Crippen molar-refractivity contribution in [2.45, 2.75) is 19.4 Å². The molecular formula is C23H23N5O2. The summed E-state index contributed by atoms with van der Waals surface area (Å²) in [6.45, 7) is 1.97. The molecule has 1 atom stereocenters. The smallest absolute Gasteiger partial charge is 0.242 e. The van der Waals surface area contributed by atoms with E-state index in [4.69, 9.17) is 4.98 Å². The number of aromatic nitrogens is 3. The number of carbonyl (C=O) groups is 2. The van der Waals surface area contributed by atoms with Gasteiger partial charge in [-0.2, -0.15) is 0 Å². The van der Waals surface area contributed by atoms with Crippen molar-refractivity contribution >= 4 is 33.8 Å². The maximum absolute atomic E-state index is 13.1. The van der Waals surface area contributed by atoms with Crippen molar-refractivity contribution in [2.24, 2.45) is 7.05 Å². The zero-order valence-electron chi connectivity index (χ0n) is 17.0. The van der Waals surface area contributed by atoms with Crippen LogP contribution in [0, 0.1) is 0 Å². The van der Waals surface area contributed by atoms with Crippen molar-refractivity contribution < 1.29 is 9.59 Å². The van der Waals surface area contributed by atoms with Crippen molar-refractivity contribution in [3.8, 4) is 0 Å². The average molecular weight is 401 g/mol. The number of hydrogen-bond acceptors (Lipinski definition) is 3. The largest absolute Gasteiger partial charge is 0.356 e. The van der Waals surface area contributed by atoms with Gasteiger partial charge < -0.3 is 19.8 Å². The monoisotopic (exact) mass is 401 g/mol. The standard InChI is InChI=1S/C23H23N5O2/c1-14(29)24-13-20(30)28-12-11-16-15-7-3-4-8-17(15)25-21(16)22(28)23-26-18-9-5-6-10-19(18)27(23)2/h3-10,22,25H,11-13H2,1-2H3,(H,24,29)/t22-/m1/s1. The Morgan fingerprint density at radius 3 is 2.73 bits per heavy atom. The van der Waals surface area contributed by atoms with Crippen LogP contribution in [-0.4, -0.2) is 44.3 Å². The molecule has 1 aliphatic rings. The lowest BCUT2D eigenvalue weighted by Gasteiger charge is -2.35. The van der Waals surface area contributed by atoms with Gasteiger partial charge in [0.2, 0.25) is 11.8 Å². The number of H-pyrrole nitrogens is 1. The van der Waals surface area contributed by atoms with Crippen molar-refractivity contribution in [1.82, 2.24) is 24.8 Å². The lowest BCUT2D eigenvalue weighted by atomic mass is 9.96. The lowest BCUT2D eigenvalue weighted by molar-refractivity contribution is -0.134. The van der Waals surface area contributed by atoms with Gasteiger partial charge in [-0.15, -0.1) is 0 Å². The number of aromatic amines is 1. The molecule has 5 rings (SSSR count). The molecule has 0 saturated carbocycles. The van der Waals surface area contributed by atoms with Crippen LogP contribution in [0.4, 0.5) is 0 Å². The molecule has 0 radical (unpaired) electrons. The third-order valence-corrected chi connectivity index (χ3v) is 5.91. The van der Waals surface area contributed by atoms with E-state index in [-0.39, 0.29) is 24.4 Å². The fourth-order valence-electron chi connectivity index (χ4n) is 4.49. The first-order valence-corrected chi connectivity index (χ1v) is 10.1. The third kappa shape index (κ3) is 2.85. The number of hydrogen-bond donors (Lipinski definition) is 2. The minimum absolute atomic E-state index is 0.0225. The Bertz CT molecular complexity index is 1290. The molecule has 0 spiro atoms. The quantitative estimate of drug-likeness (QED) is 0.554. The lowest BCUT2D eigenvalue weighted by Crippen LogP contribution is -2.46. The number of carbonyl (C=O) groups excluding carboxylic acids is 2. The van der Waals surface area contributed by atoms with Gasteiger partial charge in [-0.25, -0.2) is 4.98 Å². The summed E-state index contributed by atoms with van der Waals surface area (Å²) in [6, 6.07) is 15.8. The number of benzene rings is 2. The predicted molar refractivity (Wildman–Crippen MR) is 115 cm³/mol. The second-order valence-electron chi connectivity index (χ2n) is 7.73. The number of para-hydroxylation sites is 3. The van der Waals surface area contributed by atoms with Gasteiger partial charge in [0, 0.05) is 31.4 Å². The van der Waals surface area contributed by atoms with Gasteiger partial charge in [-0.05, 0) is 30.2 Å². The van der Waals surface area contributed by atoms with E-state index in [1.165, 1.54) is 17.9 Å². The van der Waals surface area contributed by atoms with E-state index in [1.807, 2.05) is 48.3 Å². The summed E-state index contributed by atoms with van der Waals surface area (Å²) in [4.78, 5) is 34.7. The van der Waals surface area contributed by atoms with E-state index < -0.39 is 0 Å². The predicted octanol–water partition coefficient (Wildman–Crippen LogP) is 2.66. The number of aryl methyl sites for hydroxylation is 1. The summed E-state index contributed by atoms with van der Waals surface area (Å²) in [5.74, 6) is 0.470. The summed E-state index contributed by atoms with van der Waals surface area (Å²) in [6.07, 6.45) is 0.756. The van der Waals surface area contributed by atoms with Crippen molar-refractivity contribution in [1.29, 1.82) is 0 Å². The molecule has 3 heterocycles. The summed E-state index contributed by atoms with van der Waals surface area (Å²) >= 11 is 0. The summed E-state index contributed by atoms with van der Waals surface area (Å²) in [7, 11) is 1.98. The zero-order chi connectivity index (χ0) is 20.8. The summed E-state index contributed by atoms with van der Waals surface area (Å²) < 4.78 is 2.05. The highest BCUT2D eigenvalue weighted by molar-refractivity contribution is 5.88. The SMILES string of the molecule is CC(=O)NCC(=O)N1CCc2c([nH]c3ccccc23)[C@@H]1c1nc2ccccc2n1C. The fraction of sp³-hybridized carbons (Fsp3) is 0.261. The van der Waals surface area contributed by atoms with Gasteiger partial charge in [0.15, 0.2) is 0 Å². The zero-order valence-corrected chi connectivity index (χ0v) is 17.0. The number of nitrogens with one attached hydrogen (secondary N) is 2. The first-order chi connectivity index (χ1) is 14.5. The molecule has 0 unspecified atom stereocenters. The van der Waals surface area contributed by atoms with Gasteiger partial charge in [0.1, 0.15) is 11.9 Å². The Morgan fingerprint density at radius 2 is 1.93 bits per heavy atom. The second kappa shape index (κ2) is 7.02. The number of rotatable bonds is 3. The molecule has 1 aliphatic heterocycles. The molecule has 152 valence electrons. The van der Waals surface area contributed by atoms with E-state index in [2.05, 4.69) is 27.0 Å². The fourth-order valence-corrected chi connectivity index (χ4v) is 4.49. The minimum Gasteiger partial charge on any atom is -0.356 e. The Morgan fingerprint density at radius 1 is 1.17 bits per heavy atom. The summed E-state index contributed by atoms with van der Waals surface area (Å²) in [5.41, 5.74) is 5.20. The Kier molecular flexibility index (Phi) is 4.31. The molecule has 0 bridgehead atoms. The molecule has 0 saturated heterocycles. The van der Waals surface area contributed by atoms with Crippen molar-refractivity contribution in [2.75, 3.05) is 13.1 Å². The molecule has 0 fully saturated rings. The normalized spacial score (nSPS) is 16.1. The van der Waals surface area contributed by atoms with E-state index >= 15 is 0 Å². The van der Waals surface area contributed by atoms with Crippen LogP contribution >= 0.6 is 0 Å². The van der Waals surface area contributed by atoms with Gasteiger partial charge in [-0.3, -0.25) is 9.59 Å². The highest BCUT2D eigenvalue weighted by Gasteiger charge is 2.37. The van der Waals surface area contributed by atoms with Crippen LogP contribution < -0.4 is 5.32 Å². The minimum atomic E-state index is -0.347. The van der Waals surface area contributed by atoms with E-state index in [0.717, 1.165) is 34.5 Å². The average Bonchev–Trinajstić information content (AvgIpc) is 3.29. The number of fused-ring (bicyclic) bond motifs is 4. The third-order valence-electron chi connectivity index (χ3n) is 5.91. The Labute approximate surface area is 173 Å². The summed E-state index contributed by atoms with van der Waals surface area (Å²) in [5, 5.41) is 3.82. The van der Waals surface area contributed by atoms with Crippen LogP contribution in [0.2, 0.25) is 0 Å². The van der Waals surface area contributed by atoms with E-state index in [9.17, 15) is 9.59 Å². The molecule has 4 aromatic rings. The molecule has 2 amide bonds. The first-order valence-electron chi connectivity index (χ1n) is 10.1. The first kappa shape index (κ1) is 18.4. The van der Waals surface area contributed by atoms with Crippen LogP contribution in [0.5, 0.6) is 0 Å². The van der Waals surface area contributed by atoms with Gasteiger partial charge in [0.05, 0.1) is 23.3 Å². The Hall–Kier alpha value is -3.61. The highest BCUT2D eigenvalue weighted by Crippen LogP contribution is 2.38. The van der Waals surface area contributed by atoms with Crippen LogP contribution in [0.1, 0.15) is 30.0 Å². The van der Waals surface area contributed by atoms with Crippen LogP contribution in [0.25, 0.3) is 21.9 Å². The Balaban J connectivity index is 1.68. The molecule has 2 aromatic heterocycles. The molecule has 0 aliphatic carbocycles.